The molecule has 1 atom stereocenters. The topological polar surface area (TPSA) is 113 Å². The minimum atomic E-state index is -4.40. The van der Waals surface area contributed by atoms with Crippen molar-refractivity contribution in [1.29, 1.82) is 0 Å². The van der Waals surface area contributed by atoms with Gasteiger partial charge in [0.05, 0.1) is 0 Å². The Morgan fingerprint density at radius 2 is 2.00 bits per heavy atom. The Morgan fingerprint density at radius 1 is 1.33 bits per heavy atom. The highest BCUT2D eigenvalue weighted by Gasteiger charge is 2.37. The monoisotopic (exact) mass is 298 g/mol. The molecule has 8 nitrogen and oxygen atoms in total. The van der Waals surface area contributed by atoms with Crippen molar-refractivity contribution in [3.63, 3.8) is 0 Å². The first-order chi connectivity index (χ1) is 8.26. The van der Waals surface area contributed by atoms with Crippen molar-refractivity contribution >= 4 is 26.2 Å². The highest BCUT2D eigenvalue weighted by atomic mass is 32.3. The summed E-state index contributed by atoms with van der Waals surface area (Å²) >= 11 is 0. The van der Waals surface area contributed by atoms with E-state index in [0.717, 1.165) is 0 Å². The first kappa shape index (κ1) is 14.9. The first-order valence-corrected chi connectivity index (χ1v) is 7.75. The van der Waals surface area contributed by atoms with E-state index in [-0.39, 0.29) is 6.61 Å². The van der Waals surface area contributed by atoms with E-state index in [4.69, 9.17) is 0 Å². The van der Waals surface area contributed by atoms with Crippen LogP contribution in [0.2, 0.25) is 0 Å². The third-order valence-corrected chi connectivity index (χ3v) is 5.01. The standard InChI is InChI=1S/C8H10O8S2/c1-2-3-4-14-8(9)7-5-15-17(10,11)6-18(12,13)16-7/h7H,4-6H2,1H3. The number of ether oxygens (including phenoxy) is 1. The molecule has 102 valence electrons. The van der Waals surface area contributed by atoms with E-state index in [9.17, 15) is 21.6 Å². The Morgan fingerprint density at radius 3 is 2.61 bits per heavy atom. The van der Waals surface area contributed by atoms with Gasteiger partial charge in [-0.25, -0.2) is 4.79 Å². The van der Waals surface area contributed by atoms with Crippen LogP contribution in [-0.4, -0.2) is 47.2 Å². The van der Waals surface area contributed by atoms with Crippen LogP contribution in [0.5, 0.6) is 0 Å². The van der Waals surface area contributed by atoms with Crippen LogP contribution in [0.3, 0.4) is 0 Å². The lowest BCUT2D eigenvalue weighted by Gasteiger charge is -2.10. The summed E-state index contributed by atoms with van der Waals surface area (Å²) in [6.45, 7) is 0.526. The van der Waals surface area contributed by atoms with E-state index in [2.05, 4.69) is 24.9 Å². The molecule has 0 bridgehead atoms. The third-order valence-electron chi connectivity index (χ3n) is 1.68. The number of carbonyl (C=O) groups is 1. The van der Waals surface area contributed by atoms with Crippen molar-refractivity contribution in [1.82, 2.24) is 0 Å². The lowest BCUT2D eigenvalue weighted by molar-refractivity contribution is -0.151. The Balaban J connectivity index is 2.78. The number of esters is 1. The predicted molar refractivity (Wildman–Crippen MR) is 57.9 cm³/mol. The van der Waals surface area contributed by atoms with Crippen molar-refractivity contribution in [2.45, 2.75) is 13.0 Å². The maximum Gasteiger partial charge on any atom is 0.340 e. The number of hydrogen-bond acceptors (Lipinski definition) is 8. The van der Waals surface area contributed by atoms with Crippen LogP contribution >= 0.6 is 0 Å². The van der Waals surface area contributed by atoms with Crippen molar-refractivity contribution in [3.05, 3.63) is 0 Å². The van der Waals surface area contributed by atoms with Crippen molar-refractivity contribution in [2.75, 3.05) is 18.3 Å². The molecule has 1 saturated heterocycles. The SMILES string of the molecule is CC#CCOC(=O)C1COS(=O)(=O)CS(=O)(=O)O1. The zero-order valence-corrected chi connectivity index (χ0v) is 10.9. The van der Waals surface area contributed by atoms with Crippen LogP contribution in [0.15, 0.2) is 0 Å². The van der Waals surface area contributed by atoms with Gasteiger partial charge in [-0.1, -0.05) is 5.92 Å². The Labute approximate surface area is 104 Å². The Bertz CT molecular complexity index is 576. The summed E-state index contributed by atoms with van der Waals surface area (Å²) in [7, 11) is -8.67. The quantitative estimate of drug-likeness (QED) is 0.347. The average Bonchev–Trinajstić information content (AvgIpc) is 2.33. The Hall–Kier alpha value is -1.15. The van der Waals surface area contributed by atoms with Gasteiger partial charge in [-0.05, 0) is 6.92 Å². The smallest absolute Gasteiger partial charge is 0.340 e. The van der Waals surface area contributed by atoms with Gasteiger partial charge in [-0.15, -0.1) is 5.92 Å². The van der Waals surface area contributed by atoms with Gasteiger partial charge in [0, 0.05) is 0 Å². The summed E-state index contributed by atoms with van der Waals surface area (Å²) in [4.78, 5) is 11.4. The maximum atomic E-state index is 11.4. The average molecular weight is 298 g/mol. The molecule has 0 aromatic rings. The van der Waals surface area contributed by atoms with Crippen molar-refractivity contribution < 1.29 is 34.7 Å². The largest absolute Gasteiger partial charge is 0.450 e. The molecule has 0 radical (unpaired) electrons. The molecule has 0 spiro atoms. The summed E-state index contributed by atoms with van der Waals surface area (Å²) in [5, 5.41) is -1.33. The first-order valence-electron chi connectivity index (χ1n) is 4.60. The van der Waals surface area contributed by atoms with Gasteiger partial charge in [0.2, 0.25) is 5.08 Å². The molecule has 0 amide bonds. The van der Waals surface area contributed by atoms with E-state index >= 15 is 0 Å². The molecule has 0 aromatic carbocycles. The van der Waals surface area contributed by atoms with Gasteiger partial charge in [0.1, 0.15) is 6.61 Å². The lowest BCUT2D eigenvalue weighted by atomic mass is 10.4. The molecule has 1 unspecified atom stereocenters. The molecule has 1 aliphatic heterocycles. The molecular formula is C8H10O8S2. The molecular weight excluding hydrogens is 288 g/mol. The molecule has 1 rings (SSSR count). The lowest BCUT2D eigenvalue weighted by Crippen LogP contribution is -2.31. The van der Waals surface area contributed by atoms with Crippen LogP contribution in [-0.2, 0) is 38.1 Å². The molecule has 0 aromatic heterocycles. The fraction of sp³-hybridized carbons (Fsp3) is 0.625. The van der Waals surface area contributed by atoms with Gasteiger partial charge in [0.25, 0.3) is 20.2 Å². The summed E-state index contributed by atoms with van der Waals surface area (Å²) in [6.07, 6.45) is -1.65. The molecule has 1 aliphatic rings. The second-order valence-corrected chi connectivity index (χ2v) is 6.74. The van der Waals surface area contributed by atoms with Crippen LogP contribution in [0.25, 0.3) is 0 Å². The van der Waals surface area contributed by atoms with Crippen LogP contribution < -0.4 is 0 Å². The van der Waals surface area contributed by atoms with Crippen molar-refractivity contribution in [3.8, 4) is 11.8 Å². The van der Waals surface area contributed by atoms with Crippen LogP contribution in [0, 0.1) is 11.8 Å². The normalized spacial score (nSPS) is 25.3. The summed E-state index contributed by atoms with van der Waals surface area (Å²) in [5.74, 6) is 3.81. The molecule has 0 N–H and O–H groups in total. The summed E-state index contributed by atoms with van der Waals surface area (Å²) in [6, 6.07) is 0. The fourth-order valence-corrected chi connectivity index (χ4v) is 3.72. The Kier molecular flexibility index (Phi) is 4.69. The molecule has 1 heterocycles. The van der Waals surface area contributed by atoms with E-state index in [1.165, 1.54) is 6.92 Å². The molecule has 0 aliphatic carbocycles. The number of hydrogen-bond donors (Lipinski definition) is 0. The maximum absolute atomic E-state index is 11.4. The van der Waals surface area contributed by atoms with E-state index in [1.807, 2.05) is 0 Å². The van der Waals surface area contributed by atoms with E-state index in [0.29, 0.717) is 0 Å². The molecule has 18 heavy (non-hydrogen) atoms. The number of rotatable bonds is 2. The van der Waals surface area contributed by atoms with Crippen LogP contribution in [0.1, 0.15) is 6.92 Å². The van der Waals surface area contributed by atoms with Gasteiger partial charge in [0.15, 0.2) is 12.7 Å². The van der Waals surface area contributed by atoms with Gasteiger partial charge in [-0.2, -0.15) is 16.8 Å². The summed E-state index contributed by atoms with van der Waals surface area (Å²) in [5.41, 5.74) is 0. The van der Waals surface area contributed by atoms with E-state index in [1.54, 1.807) is 0 Å². The van der Waals surface area contributed by atoms with Crippen molar-refractivity contribution in [2.24, 2.45) is 0 Å². The molecule has 0 saturated carbocycles. The number of carbonyl (C=O) groups excluding carboxylic acids is 1. The van der Waals surface area contributed by atoms with Gasteiger partial charge >= 0.3 is 5.97 Å². The van der Waals surface area contributed by atoms with Gasteiger partial charge in [-0.3, -0.25) is 8.37 Å². The fourth-order valence-electron chi connectivity index (χ4n) is 0.988. The van der Waals surface area contributed by atoms with Gasteiger partial charge < -0.3 is 4.74 Å². The van der Waals surface area contributed by atoms with Crippen LogP contribution in [0.4, 0.5) is 0 Å². The third kappa shape index (κ3) is 4.61. The zero-order chi connectivity index (χ0) is 13.8. The molecule has 10 heteroatoms. The second-order valence-electron chi connectivity index (χ2n) is 3.14. The molecule has 1 fully saturated rings. The minimum Gasteiger partial charge on any atom is -0.450 e. The van der Waals surface area contributed by atoms with E-state index < -0.39 is 44.0 Å². The zero-order valence-electron chi connectivity index (χ0n) is 9.28. The highest BCUT2D eigenvalue weighted by Crippen LogP contribution is 2.13. The highest BCUT2D eigenvalue weighted by molar-refractivity contribution is 8.03. The predicted octanol–water partition coefficient (Wildman–Crippen LogP) is -1.41. The minimum absolute atomic E-state index is 0.248. The summed E-state index contributed by atoms with van der Waals surface area (Å²) < 4.78 is 57.8. The second kappa shape index (κ2) is 5.66.